The molecule has 15 heavy (non-hydrogen) atoms. The fraction of sp³-hybridized carbons (Fsp3) is 0.800. The lowest BCUT2D eigenvalue weighted by molar-refractivity contribution is 0.0560. The van der Waals surface area contributed by atoms with Crippen molar-refractivity contribution in [2.45, 2.75) is 52.6 Å². The number of ether oxygens (including phenoxy) is 1. The third-order valence-corrected chi connectivity index (χ3v) is 1.53. The number of amidine groups is 1. The summed E-state index contributed by atoms with van der Waals surface area (Å²) in [7, 11) is 0. The first-order valence-corrected chi connectivity index (χ1v) is 5.10. The van der Waals surface area contributed by atoms with Crippen molar-refractivity contribution in [3.05, 3.63) is 0 Å². The number of nitrogens with one attached hydrogen (secondary N) is 1. The van der Waals surface area contributed by atoms with E-state index in [1.54, 1.807) is 20.8 Å². The van der Waals surface area contributed by atoms with Gasteiger partial charge in [-0.3, -0.25) is 5.32 Å². The van der Waals surface area contributed by atoms with Crippen LogP contribution < -0.4 is 5.32 Å². The van der Waals surface area contributed by atoms with E-state index in [-0.39, 0.29) is 5.84 Å². The molecule has 0 aliphatic rings. The molecule has 0 spiro atoms. The van der Waals surface area contributed by atoms with Gasteiger partial charge in [0.25, 0.3) is 0 Å². The predicted molar refractivity (Wildman–Crippen MR) is 58.1 cm³/mol. The van der Waals surface area contributed by atoms with Crippen molar-refractivity contribution < 1.29 is 14.7 Å². The van der Waals surface area contributed by atoms with Crippen molar-refractivity contribution in [1.29, 1.82) is 0 Å². The van der Waals surface area contributed by atoms with Crippen LogP contribution in [0.3, 0.4) is 0 Å². The normalized spacial score (nSPS) is 12.4. The van der Waals surface area contributed by atoms with E-state index in [4.69, 9.17) is 9.94 Å². The Morgan fingerprint density at radius 1 is 1.47 bits per heavy atom. The molecule has 0 atom stereocenters. The molecule has 0 aliphatic carbocycles. The molecule has 0 bridgehead atoms. The van der Waals surface area contributed by atoms with E-state index in [0.29, 0.717) is 6.42 Å². The highest BCUT2D eigenvalue weighted by atomic mass is 16.6. The molecule has 0 unspecified atom stereocenters. The smallest absolute Gasteiger partial charge is 0.413 e. The van der Waals surface area contributed by atoms with E-state index in [1.165, 1.54) is 0 Å². The summed E-state index contributed by atoms with van der Waals surface area (Å²) in [6.45, 7) is 7.33. The minimum atomic E-state index is -0.591. The summed E-state index contributed by atoms with van der Waals surface area (Å²) < 4.78 is 5.01. The standard InChI is InChI=1S/C10H20N2O3/c1-5-6-7-8(12-14)11-9(13)15-10(2,3)4/h14H,5-7H2,1-4H3,(H,11,12,13). The fourth-order valence-electron chi connectivity index (χ4n) is 0.903. The quantitative estimate of drug-likeness (QED) is 0.329. The Bertz CT molecular complexity index is 231. The van der Waals surface area contributed by atoms with Gasteiger partial charge in [-0.2, -0.15) is 0 Å². The first-order valence-electron chi connectivity index (χ1n) is 5.10. The summed E-state index contributed by atoms with van der Waals surface area (Å²) in [5, 5.41) is 14.0. The molecule has 88 valence electrons. The Balaban J connectivity index is 4.03. The summed E-state index contributed by atoms with van der Waals surface area (Å²) in [6.07, 6.45) is 1.77. The Labute approximate surface area is 90.5 Å². The summed E-state index contributed by atoms with van der Waals surface area (Å²) >= 11 is 0. The third-order valence-electron chi connectivity index (χ3n) is 1.53. The molecule has 1 amide bonds. The van der Waals surface area contributed by atoms with Gasteiger partial charge < -0.3 is 9.94 Å². The molecule has 0 rings (SSSR count). The highest BCUT2D eigenvalue weighted by Gasteiger charge is 2.17. The van der Waals surface area contributed by atoms with E-state index in [1.807, 2.05) is 6.92 Å². The number of carbonyl (C=O) groups is 1. The maximum absolute atomic E-state index is 11.3. The molecule has 5 nitrogen and oxygen atoms in total. The maximum Gasteiger partial charge on any atom is 0.413 e. The van der Waals surface area contributed by atoms with E-state index in [0.717, 1.165) is 12.8 Å². The number of amides is 1. The second-order valence-corrected chi connectivity index (χ2v) is 4.28. The summed E-state index contributed by atoms with van der Waals surface area (Å²) in [5.41, 5.74) is -0.546. The molecule has 0 aromatic heterocycles. The molecular weight excluding hydrogens is 196 g/mol. The van der Waals surface area contributed by atoms with Gasteiger partial charge in [-0.1, -0.05) is 18.5 Å². The highest BCUT2D eigenvalue weighted by molar-refractivity contribution is 5.95. The Morgan fingerprint density at radius 2 is 2.07 bits per heavy atom. The Kier molecular flexibility index (Phi) is 5.74. The van der Waals surface area contributed by atoms with E-state index >= 15 is 0 Å². The third kappa shape index (κ3) is 7.78. The zero-order valence-electron chi connectivity index (χ0n) is 9.83. The second-order valence-electron chi connectivity index (χ2n) is 4.28. The Hall–Kier alpha value is -1.26. The van der Waals surface area contributed by atoms with Crippen molar-refractivity contribution in [2.75, 3.05) is 0 Å². The van der Waals surface area contributed by atoms with Gasteiger partial charge in [0.15, 0.2) is 5.84 Å². The lowest BCUT2D eigenvalue weighted by Crippen LogP contribution is -2.36. The lowest BCUT2D eigenvalue weighted by atomic mass is 10.2. The van der Waals surface area contributed by atoms with E-state index in [2.05, 4.69) is 10.5 Å². The molecule has 0 heterocycles. The van der Waals surface area contributed by atoms with E-state index < -0.39 is 11.7 Å². The molecule has 0 saturated heterocycles. The topological polar surface area (TPSA) is 70.9 Å². The predicted octanol–water partition coefficient (Wildman–Crippen LogP) is 2.49. The van der Waals surface area contributed by atoms with Crippen LogP contribution in [0.1, 0.15) is 47.0 Å². The molecule has 0 saturated carbocycles. The number of oxime groups is 1. The SMILES string of the molecule is CCCC/C(=N\O)NC(=O)OC(C)(C)C. The number of unbranched alkanes of at least 4 members (excludes halogenated alkanes) is 1. The van der Waals surface area contributed by atoms with Crippen molar-refractivity contribution in [3.8, 4) is 0 Å². The van der Waals surface area contributed by atoms with Crippen molar-refractivity contribution in [1.82, 2.24) is 5.32 Å². The van der Waals surface area contributed by atoms with E-state index in [9.17, 15) is 4.79 Å². The first-order chi connectivity index (χ1) is 6.89. The number of nitrogens with zero attached hydrogens (tertiary/aromatic N) is 1. The van der Waals surface area contributed by atoms with Crippen LogP contribution in [0.4, 0.5) is 4.79 Å². The minimum absolute atomic E-state index is 0.242. The Morgan fingerprint density at radius 3 is 2.47 bits per heavy atom. The second kappa shape index (κ2) is 6.27. The van der Waals surface area contributed by atoms with Crippen molar-refractivity contribution in [2.24, 2.45) is 5.16 Å². The average molecular weight is 216 g/mol. The highest BCUT2D eigenvalue weighted by Crippen LogP contribution is 2.06. The number of rotatable bonds is 3. The molecule has 0 radical (unpaired) electrons. The summed E-state index contributed by atoms with van der Waals surface area (Å²) in [4.78, 5) is 11.3. The van der Waals surface area contributed by atoms with Crippen LogP contribution in [0.15, 0.2) is 5.16 Å². The average Bonchev–Trinajstić information content (AvgIpc) is 2.09. The van der Waals surface area contributed by atoms with Gasteiger partial charge in [-0.15, -0.1) is 0 Å². The molecule has 0 aromatic carbocycles. The number of carbonyl (C=O) groups excluding carboxylic acids is 1. The molecule has 2 N–H and O–H groups in total. The summed E-state index contributed by atoms with van der Waals surface area (Å²) in [6, 6.07) is 0. The lowest BCUT2D eigenvalue weighted by Gasteiger charge is -2.19. The van der Waals surface area contributed by atoms with Crippen LogP contribution in [-0.4, -0.2) is 22.7 Å². The van der Waals surface area contributed by atoms with Crippen LogP contribution in [0.25, 0.3) is 0 Å². The molecule has 0 fully saturated rings. The van der Waals surface area contributed by atoms with Crippen molar-refractivity contribution in [3.63, 3.8) is 0 Å². The number of hydrogen-bond acceptors (Lipinski definition) is 4. The fourth-order valence-corrected chi connectivity index (χ4v) is 0.903. The minimum Gasteiger partial charge on any atom is -0.444 e. The number of hydrogen-bond donors (Lipinski definition) is 2. The van der Waals surface area contributed by atoms with Crippen LogP contribution in [-0.2, 0) is 4.74 Å². The van der Waals surface area contributed by atoms with Crippen molar-refractivity contribution >= 4 is 11.9 Å². The van der Waals surface area contributed by atoms with Gasteiger partial charge in [0, 0.05) is 6.42 Å². The van der Waals surface area contributed by atoms with Gasteiger partial charge in [-0.05, 0) is 27.2 Å². The zero-order valence-corrected chi connectivity index (χ0v) is 9.83. The van der Waals surface area contributed by atoms with Crippen LogP contribution >= 0.6 is 0 Å². The van der Waals surface area contributed by atoms with Crippen LogP contribution in [0.5, 0.6) is 0 Å². The van der Waals surface area contributed by atoms with Crippen LogP contribution in [0.2, 0.25) is 0 Å². The molecule has 5 heteroatoms. The molecule has 0 aromatic rings. The van der Waals surface area contributed by atoms with Gasteiger partial charge in [0.05, 0.1) is 0 Å². The van der Waals surface area contributed by atoms with Gasteiger partial charge in [-0.25, -0.2) is 4.79 Å². The molecule has 0 aliphatic heterocycles. The monoisotopic (exact) mass is 216 g/mol. The summed E-state index contributed by atoms with van der Waals surface area (Å²) in [5.74, 6) is 0.242. The van der Waals surface area contributed by atoms with Crippen LogP contribution in [0, 0.1) is 0 Å². The largest absolute Gasteiger partial charge is 0.444 e. The maximum atomic E-state index is 11.3. The first kappa shape index (κ1) is 13.7. The zero-order chi connectivity index (χ0) is 11.9. The molecular formula is C10H20N2O3. The number of alkyl carbamates (subject to hydrolysis) is 1. The van der Waals surface area contributed by atoms with Gasteiger partial charge >= 0.3 is 6.09 Å². The van der Waals surface area contributed by atoms with Gasteiger partial charge in [0.2, 0.25) is 0 Å². The van der Waals surface area contributed by atoms with Gasteiger partial charge in [0.1, 0.15) is 5.60 Å².